The van der Waals surface area contributed by atoms with E-state index in [-0.39, 0.29) is 10.1 Å². The molecule has 0 atom stereocenters. The number of aromatic nitrogens is 4. The summed E-state index contributed by atoms with van der Waals surface area (Å²) in [4.78, 5) is 42.4. The molecule has 0 aliphatic heterocycles. The first-order valence-electron chi connectivity index (χ1n) is 12.8. The van der Waals surface area contributed by atoms with Gasteiger partial charge in [-0.25, -0.2) is 9.37 Å². The zero-order valence-electron chi connectivity index (χ0n) is 24.6. The molecule has 2 heterocycles. The number of aryl methyl sites for hydroxylation is 1. The summed E-state index contributed by atoms with van der Waals surface area (Å²) in [6.07, 6.45) is 0. The summed E-state index contributed by atoms with van der Waals surface area (Å²) in [5.74, 6) is -7.24. The highest BCUT2D eigenvalue weighted by Gasteiger charge is 2.32. The van der Waals surface area contributed by atoms with Crippen LogP contribution in [0.25, 0.3) is 0 Å². The largest absolute Gasteiger partial charge is 0.501 e. The van der Waals surface area contributed by atoms with E-state index in [0.29, 0.717) is 0 Å². The SMILES string of the molecule is [2H]C([2H])([2H])c1nnc(C(=O)NC(C)(C)c2nc(C(=O)NC([2H])([2H])c3ccc(F)cc3)c(O)c(=O)n2C([2H])([2H])[2H])o1. The second-order valence-corrected chi connectivity index (χ2v) is 6.85. The number of nitrogens with one attached hydrogen (secondary N) is 2. The van der Waals surface area contributed by atoms with Gasteiger partial charge in [0.1, 0.15) is 11.6 Å². The van der Waals surface area contributed by atoms with Crippen LogP contribution in [0, 0.1) is 12.7 Å². The van der Waals surface area contributed by atoms with Gasteiger partial charge in [0.2, 0.25) is 11.6 Å². The molecule has 2 amide bonds. The first-order chi connectivity index (χ1) is 18.1. The van der Waals surface area contributed by atoms with E-state index in [1.807, 2.05) is 5.32 Å². The van der Waals surface area contributed by atoms with Gasteiger partial charge in [0.15, 0.2) is 5.69 Å². The van der Waals surface area contributed by atoms with Crippen LogP contribution in [0.15, 0.2) is 33.5 Å². The summed E-state index contributed by atoms with van der Waals surface area (Å²) in [5, 5.41) is 21.1. The van der Waals surface area contributed by atoms with Crippen LogP contribution in [0.4, 0.5) is 4.39 Å². The fourth-order valence-corrected chi connectivity index (χ4v) is 2.52. The predicted molar refractivity (Wildman–Crippen MR) is 108 cm³/mol. The lowest BCUT2D eigenvalue weighted by Crippen LogP contribution is -2.46. The zero-order chi connectivity index (χ0) is 30.4. The number of nitrogens with zero attached hydrogens (tertiary/aromatic N) is 4. The van der Waals surface area contributed by atoms with Gasteiger partial charge in [0.25, 0.3) is 11.5 Å². The van der Waals surface area contributed by atoms with Crippen LogP contribution in [0.3, 0.4) is 0 Å². The van der Waals surface area contributed by atoms with E-state index >= 15 is 0 Å². The Balaban J connectivity index is 2.07. The van der Waals surface area contributed by atoms with Crippen molar-refractivity contribution in [2.24, 2.45) is 6.98 Å². The zero-order valence-corrected chi connectivity index (χ0v) is 16.6. The molecule has 0 bridgehead atoms. The molecule has 11 nitrogen and oxygen atoms in total. The second kappa shape index (κ2) is 8.57. The van der Waals surface area contributed by atoms with Crippen LogP contribution < -0.4 is 16.2 Å². The smallest absolute Gasteiger partial charge is 0.309 e. The molecular formula is C20H21FN6O5. The molecule has 3 rings (SSSR count). The topological polar surface area (TPSA) is 152 Å². The average molecular weight is 452 g/mol. The molecule has 2 aromatic heterocycles. The van der Waals surface area contributed by atoms with Gasteiger partial charge < -0.3 is 20.2 Å². The van der Waals surface area contributed by atoms with Gasteiger partial charge in [-0.05, 0) is 31.5 Å². The van der Waals surface area contributed by atoms with Gasteiger partial charge in [-0.15, -0.1) is 10.2 Å². The molecule has 0 saturated carbocycles. The third-order valence-corrected chi connectivity index (χ3v) is 4.04. The first-order valence-corrected chi connectivity index (χ1v) is 8.77. The summed E-state index contributed by atoms with van der Waals surface area (Å²) in [7, 11) is 0. The van der Waals surface area contributed by atoms with E-state index in [4.69, 9.17) is 15.4 Å². The Kier molecular flexibility index (Phi) is 3.77. The maximum atomic E-state index is 13.2. The van der Waals surface area contributed by atoms with Crippen molar-refractivity contribution in [1.29, 1.82) is 0 Å². The van der Waals surface area contributed by atoms with Crippen molar-refractivity contribution in [1.82, 2.24) is 30.4 Å². The Morgan fingerprint density at radius 3 is 2.62 bits per heavy atom. The molecule has 12 heteroatoms. The van der Waals surface area contributed by atoms with E-state index in [1.54, 1.807) is 0 Å². The number of aromatic hydroxyl groups is 1. The van der Waals surface area contributed by atoms with Gasteiger partial charge in [-0.2, -0.15) is 0 Å². The quantitative estimate of drug-likeness (QED) is 0.499. The van der Waals surface area contributed by atoms with Crippen LogP contribution in [-0.4, -0.2) is 36.7 Å². The predicted octanol–water partition coefficient (Wildman–Crippen LogP) is 0.912. The molecule has 0 aliphatic carbocycles. The van der Waals surface area contributed by atoms with Crippen molar-refractivity contribution >= 4 is 11.8 Å². The second-order valence-electron chi connectivity index (χ2n) is 6.85. The summed E-state index contributed by atoms with van der Waals surface area (Å²) < 4.78 is 79.3. The third-order valence-electron chi connectivity index (χ3n) is 4.04. The van der Waals surface area contributed by atoms with Crippen molar-refractivity contribution in [3.8, 4) is 5.75 Å². The highest BCUT2D eigenvalue weighted by atomic mass is 19.1. The number of halogens is 1. The normalized spacial score (nSPS) is 16.2. The van der Waals surface area contributed by atoms with Crippen LogP contribution in [0.1, 0.15) is 63.3 Å². The third kappa shape index (κ3) is 4.63. The summed E-state index contributed by atoms with van der Waals surface area (Å²) in [5.41, 5.74) is -4.86. The maximum absolute atomic E-state index is 13.2. The molecule has 0 fully saturated rings. The number of carbonyl (C=O) groups is 2. The number of carbonyl (C=O) groups excluding carboxylic acids is 2. The summed E-state index contributed by atoms with van der Waals surface area (Å²) in [6, 6.07) is 3.93. The van der Waals surface area contributed by atoms with Crippen LogP contribution >= 0.6 is 0 Å². The number of hydrogen-bond acceptors (Lipinski definition) is 8. The van der Waals surface area contributed by atoms with Gasteiger partial charge in [0.05, 0.1) is 8.28 Å². The minimum absolute atomic E-state index is 0.0374. The van der Waals surface area contributed by atoms with Gasteiger partial charge in [0, 0.05) is 28.5 Å². The van der Waals surface area contributed by atoms with Crippen molar-refractivity contribution in [2.45, 2.75) is 32.7 Å². The Hall–Kier alpha value is -4.09. The number of hydrogen-bond donors (Lipinski definition) is 3. The van der Waals surface area contributed by atoms with Crippen LogP contribution in [0.5, 0.6) is 5.75 Å². The molecule has 0 unspecified atom stereocenters. The molecule has 32 heavy (non-hydrogen) atoms. The van der Waals surface area contributed by atoms with Gasteiger partial charge >= 0.3 is 11.8 Å². The Labute approximate surface area is 192 Å². The van der Waals surface area contributed by atoms with E-state index < -0.39 is 78.1 Å². The van der Waals surface area contributed by atoms with Crippen molar-refractivity contribution < 1.29 is 34.5 Å². The van der Waals surface area contributed by atoms with Crippen LogP contribution in [0.2, 0.25) is 0 Å². The Morgan fingerprint density at radius 2 is 2.00 bits per heavy atom. The monoisotopic (exact) mass is 452 g/mol. The molecule has 0 aliphatic rings. The lowest BCUT2D eigenvalue weighted by Gasteiger charge is -2.27. The number of amides is 2. The summed E-state index contributed by atoms with van der Waals surface area (Å²) >= 11 is 0. The van der Waals surface area contributed by atoms with Crippen molar-refractivity contribution in [3.63, 3.8) is 0 Å². The van der Waals surface area contributed by atoms with Crippen molar-refractivity contribution in [3.05, 3.63) is 69.3 Å². The summed E-state index contributed by atoms with van der Waals surface area (Å²) in [6.45, 7) is -6.48. The molecule has 1 aromatic carbocycles. The highest BCUT2D eigenvalue weighted by Crippen LogP contribution is 2.20. The molecular weight excluding hydrogens is 423 g/mol. The van der Waals surface area contributed by atoms with E-state index in [9.17, 15) is 23.9 Å². The molecule has 0 radical (unpaired) electrons. The molecule has 0 spiro atoms. The Bertz CT molecular complexity index is 1520. The maximum Gasteiger partial charge on any atom is 0.309 e. The fourth-order valence-electron chi connectivity index (χ4n) is 2.52. The standard InChI is InChI=1S/C20H21FN6O5/c1-10-25-26-17(32-10)16(30)24-20(2,3)19-23-13(14(28)18(31)27(19)4)15(29)22-9-11-5-7-12(21)8-6-11/h5-8,28H,9H2,1-4H3,(H,22,29)(H,24,30)/i1D3,4D3,9D2. The molecule has 3 N–H and O–H groups in total. The fraction of sp³-hybridized carbons (Fsp3) is 0.300. The molecule has 168 valence electrons. The molecule has 3 aromatic rings. The lowest BCUT2D eigenvalue weighted by atomic mass is 10.0. The molecule has 0 saturated heterocycles. The lowest BCUT2D eigenvalue weighted by molar-refractivity contribution is 0.0869. The van der Waals surface area contributed by atoms with E-state index in [1.165, 1.54) is 0 Å². The average Bonchev–Trinajstić information content (AvgIpc) is 3.30. The minimum Gasteiger partial charge on any atom is -0.501 e. The number of benzene rings is 1. The minimum atomic E-state index is -3.30. The highest BCUT2D eigenvalue weighted by molar-refractivity contribution is 5.94. The van der Waals surface area contributed by atoms with Gasteiger partial charge in [-0.3, -0.25) is 19.0 Å². The first kappa shape index (κ1) is 14.1. The van der Waals surface area contributed by atoms with Crippen LogP contribution in [-0.2, 0) is 19.0 Å². The number of rotatable bonds is 6. The van der Waals surface area contributed by atoms with E-state index in [0.717, 1.165) is 38.1 Å². The Morgan fingerprint density at radius 1 is 1.28 bits per heavy atom. The van der Waals surface area contributed by atoms with E-state index in [2.05, 4.69) is 20.5 Å². The van der Waals surface area contributed by atoms with Crippen molar-refractivity contribution in [2.75, 3.05) is 0 Å². The van der Waals surface area contributed by atoms with Gasteiger partial charge in [-0.1, -0.05) is 12.1 Å².